The molecule has 2 aliphatic heterocycles. The van der Waals surface area contributed by atoms with Crippen LogP contribution in [0.2, 0.25) is 0 Å². The van der Waals surface area contributed by atoms with E-state index in [1.807, 2.05) is 30.2 Å². The van der Waals surface area contributed by atoms with Crippen LogP contribution in [0.15, 0.2) is 30.5 Å². The Bertz CT molecular complexity index is 951. The fraction of sp³-hybridized carbons (Fsp3) is 0.600. The number of aromatic amines is 1. The van der Waals surface area contributed by atoms with E-state index in [2.05, 4.69) is 63.6 Å². The van der Waals surface area contributed by atoms with Gasteiger partial charge < -0.3 is 19.2 Å². The third-order valence-electron chi connectivity index (χ3n) is 7.58. The number of carbonyl (C=O) groups excluding carboxylic acids is 1. The summed E-state index contributed by atoms with van der Waals surface area (Å²) in [5.74, 6) is 1.45. The first-order chi connectivity index (χ1) is 15.0. The Hall–Kier alpha value is -2.12. The predicted octanol–water partition coefficient (Wildman–Crippen LogP) is 4.33. The van der Waals surface area contributed by atoms with E-state index in [0.717, 1.165) is 41.9 Å². The van der Waals surface area contributed by atoms with Gasteiger partial charge in [0.2, 0.25) is 5.91 Å². The number of nitrogens with one attached hydrogen (secondary N) is 1. The summed E-state index contributed by atoms with van der Waals surface area (Å²) in [5.41, 5.74) is 2.30. The van der Waals surface area contributed by atoms with Crippen molar-refractivity contribution < 1.29 is 14.1 Å². The Balaban J connectivity index is 1.49. The van der Waals surface area contributed by atoms with Crippen molar-refractivity contribution in [2.24, 2.45) is 11.8 Å². The van der Waals surface area contributed by atoms with E-state index < -0.39 is 0 Å². The highest BCUT2D eigenvalue weighted by Gasteiger charge is 2.51. The SMILES string of the molecule is CC(C)[C@H](C)C(=O)N1CCC[C@H]1c1ncc(-c2ccc(B3OC(C)(C)C(C)(C)O3)cc2)[nH]1. The highest BCUT2D eigenvalue weighted by atomic mass is 16.7. The van der Waals surface area contributed by atoms with Gasteiger partial charge in [0.1, 0.15) is 5.82 Å². The number of benzene rings is 1. The molecule has 0 aliphatic carbocycles. The van der Waals surface area contributed by atoms with Crippen LogP contribution >= 0.6 is 0 Å². The van der Waals surface area contributed by atoms with Crippen molar-refractivity contribution in [2.45, 2.75) is 78.6 Å². The third-order valence-corrected chi connectivity index (χ3v) is 7.58. The van der Waals surface area contributed by atoms with Crippen LogP contribution in [0.25, 0.3) is 11.3 Å². The molecule has 3 heterocycles. The highest BCUT2D eigenvalue weighted by Crippen LogP contribution is 2.37. The number of aromatic nitrogens is 2. The van der Waals surface area contributed by atoms with E-state index in [0.29, 0.717) is 5.92 Å². The Morgan fingerprint density at radius 1 is 1.12 bits per heavy atom. The van der Waals surface area contributed by atoms with Crippen molar-refractivity contribution >= 4 is 18.5 Å². The molecule has 2 aromatic rings. The summed E-state index contributed by atoms with van der Waals surface area (Å²) in [6.07, 6.45) is 3.83. The minimum Gasteiger partial charge on any atom is -0.399 e. The largest absolute Gasteiger partial charge is 0.494 e. The number of nitrogens with zero attached hydrogens (tertiary/aromatic N) is 2. The lowest BCUT2D eigenvalue weighted by Crippen LogP contribution is -2.41. The molecule has 1 aromatic carbocycles. The summed E-state index contributed by atoms with van der Waals surface area (Å²) in [5, 5.41) is 0. The summed E-state index contributed by atoms with van der Waals surface area (Å²) in [6.45, 7) is 15.3. The van der Waals surface area contributed by atoms with Crippen molar-refractivity contribution in [3.8, 4) is 11.3 Å². The van der Waals surface area contributed by atoms with Crippen LogP contribution in [-0.2, 0) is 14.1 Å². The quantitative estimate of drug-likeness (QED) is 0.707. The number of hydrogen-bond donors (Lipinski definition) is 1. The van der Waals surface area contributed by atoms with Gasteiger partial charge in [0, 0.05) is 12.5 Å². The molecule has 2 saturated heterocycles. The number of carbonyl (C=O) groups is 1. The zero-order valence-corrected chi connectivity index (χ0v) is 20.4. The monoisotopic (exact) mass is 437 g/mol. The number of hydrogen-bond acceptors (Lipinski definition) is 4. The van der Waals surface area contributed by atoms with Gasteiger partial charge in [-0.15, -0.1) is 0 Å². The second kappa shape index (κ2) is 8.34. The first-order valence-corrected chi connectivity index (χ1v) is 11.8. The Labute approximate surface area is 192 Å². The lowest BCUT2D eigenvalue weighted by molar-refractivity contribution is -0.137. The van der Waals surface area contributed by atoms with Gasteiger partial charge in [0.15, 0.2) is 0 Å². The van der Waals surface area contributed by atoms with Gasteiger partial charge in [-0.05, 0) is 57.5 Å². The minimum absolute atomic E-state index is 0.0209. The molecule has 1 amide bonds. The molecule has 1 N–H and O–H groups in total. The fourth-order valence-electron chi connectivity index (χ4n) is 4.31. The zero-order valence-electron chi connectivity index (χ0n) is 20.4. The Kier molecular flexibility index (Phi) is 6.01. The molecule has 1 aromatic heterocycles. The van der Waals surface area contributed by atoms with Crippen molar-refractivity contribution in [3.05, 3.63) is 36.3 Å². The van der Waals surface area contributed by atoms with Gasteiger partial charge in [-0.1, -0.05) is 45.0 Å². The molecule has 6 nitrogen and oxygen atoms in total. The number of imidazole rings is 1. The van der Waals surface area contributed by atoms with Crippen molar-refractivity contribution in [1.82, 2.24) is 14.9 Å². The summed E-state index contributed by atoms with van der Waals surface area (Å²) in [4.78, 5) is 23.1. The van der Waals surface area contributed by atoms with Crippen LogP contribution in [0.4, 0.5) is 0 Å². The first-order valence-electron chi connectivity index (χ1n) is 11.8. The molecule has 0 radical (unpaired) electrons. The van der Waals surface area contributed by atoms with Gasteiger partial charge >= 0.3 is 7.12 Å². The molecular weight excluding hydrogens is 401 g/mol. The molecular formula is C25H36BN3O3. The van der Waals surface area contributed by atoms with Gasteiger partial charge in [-0.3, -0.25) is 4.79 Å². The molecule has 32 heavy (non-hydrogen) atoms. The number of H-pyrrole nitrogens is 1. The summed E-state index contributed by atoms with van der Waals surface area (Å²) in [7, 11) is -0.368. The normalized spacial score (nSPS) is 23.2. The van der Waals surface area contributed by atoms with Crippen LogP contribution in [0.5, 0.6) is 0 Å². The molecule has 2 aliphatic rings. The van der Waals surface area contributed by atoms with E-state index in [9.17, 15) is 4.79 Å². The van der Waals surface area contributed by atoms with Gasteiger partial charge in [-0.2, -0.15) is 0 Å². The molecule has 2 fully saturated rings. The van der Waals surface area contributed by atoms with E-state index in [4.69, 9.17) is 9.31 Å². The lowest BCUT2D eigenvalue weighted by Gasteiger charge is -2.32. The lowest BCUT2D eigenvalue weighted by atomic mass is 9.79. The maximum Gasteiger partial charge on any atom is 0.494 e. The second-order valence-electron chi connectivity index (χ2n) is 10.6. The molecule has 172 valence electrons. The first kappa shape index (κ1) is 23.1. The summed E-state index contributed by atoms with van der Waals surface area (Å²) < 4.78 is 12.3. The molecule has 2 atom stereocenters. The molecule has 4 rings (SSSR count). The highest BCUT2D eigenvalue weighted by molar-refractivity contribution is 6.62. The second-order valence-corrected chi connectivity index (χ2v) is 10.6. The van der Waals surface area contributed by atoms with Crippen molar-refractivity contribution in [3.63, 3.8) is 0 Å². The molecule has 0 bridgehead atoms. The van der Waals surface area contributed by atoms with Crippen molar-refractivity contribution in [1.29, 1.82) is 0 Å². The van der Waals surface area contributed by atoms with E-state index >= 15 is 0 Å². The number of rotatable bonds is 5. The van der Waals surface area contributed by atoms with Crippen LogP contribution in [0.1, 0.15) is 73.2 Å². The number of amides is 1. The topological polar surface area (TPSA) is 67.5 Å². The maximum absolute atomic E-state index is 13.0. The van der Waals surface area contributed by atoms with E-state index in [1.165, 1.54) is 0 Å². The van der Waals surface area contributed by atoms with Crippen LogP contribution in [0.3, 0.4) is 0 Å². The van der Waals surface area contributed by atoms with Crippen LogP contribution < -0.4 is 5.46 Å². The van der Waals surface area contributed by atoms with Crippen LogP contribution in [-0.4, -0.2) is 45.6 Å². The number of likely N-dealkylation sites (tertiary alicyclic amines) is 1. The fourth-order valence-corrected chi connectivity index (χ4v) is 4.31. The summed E-state index contributed by atoms with van der Waals surface area (Å²) in [6, 6.07) is 8.26. The Morgan fingerprint density at radius 3 is 2.34 bits per heavy atom. The third kappa shape index (κ3) is 4.13. The average molecular weight is 437 g/mol. The molecule has 0 unspecified atom stereocenters. The van der Waals surface area contributed by atoms with Crippen molar-refractivity contribution in [2.75, 3.05) is 6.54 Å². The predicted molar refractivity (Wildman–Crippen MR) is 127 cm³/mol. The standard InChI is InChI=1S/C25H36BN3O3/c1-16(2)17(3)23(30)29-14-8-9-21(29)22-27-15-20(28-22)18-10-12-19(13-11-18)26-31-24(4,5)25(6,7)32-26/h10-13,15-17,21H,8-9,14H2,1-7H3,(H,27,28)/t17-,21-/m0/s1. The molecule has 7 heteroatoms. The zero-order chi connectivity index (χ0) is 23.3. The van der Waals surface area contributed by atoms with Gasteiger partial charge in [0.05, 0.1) is 29.1 Å². The maximum atomic E-state index is 13.0. The van der Waals surface area contributed by atoms with Crippen LogP contribution in [0, 0.1) is 11.8 Å². The summed E-state index contributed by atoms with van der Waals surface area (Å²) >= 11 is 0. The minimum atomic E-state index is -0.368. The van der Waals surface area contributed by atoms with Gasteiger partial charge in [-0.25, -0.2) is 4.98 Å². The van der Waals surface area contributed by atoms with Gasteiger partial charge in [0.25, 0.3) is 0 Å². The molecule has 0 spiro atoms. The van der Waals surface area contributed by atoms with E-state index in [1.54, 1.807) is 0 Å². The van der Waals surface area contributed by atoms with E-state index in [-0.39, 0.29) is 36.2 Å². The smallest absolute Gasteiger partial charge is 0.399 e. The average Bonchev–Trinajstić information content (AvgIpc) is 3.45. The Morgan fingerprint density at radius 2 is 1.75 bits per heavy atom. The molecule has 0 saturated carbocycles.